The number of hydrogen-bond acceptors (Lipinski definition) is 6. The van der Waals surface area contributed by atoms with Crippen molar-refractivity contribution in [3.8, 4) is 0 Å². The smallest absolute Gasteiger partial charge is 0.416 e. The molecule has 6 nitrogen and oxygen atoms in total. The summed E-state index contributed by atoms with van der Waals surface area (Å²) in [5, 5.41) is 6.69. The van der Waals surface area contributed by atoms with Gasteiger partial charge in [0.15, 0.2) is 11.7 Å². The number of rotatable bonds is 5. The molecule has 0 saturated carbocycles. The van der Waals surface area contributed by atoms with Gasteiger partial charge in [-0.15, -0.1) is 10.2 Å². The monoisotopic (exact) mass is 560 g/mol. The van der Waals surface area contributed by atoms with Gasteiger partial charge in [-0.2, -0.15) is 13.2 Å². The van der Waals surface area contributed by atoms with E-state index in [0.29, 0.717) is 11.4 Å². The first kappa shape index (κ1) is 28.5. The molecule has 1 heterocycles. The maximum atomic E-state index is 12.7. The number of halogens is 5. The molecule has 0 radical (unpaired) electrons. The number of alkyl halides is 3. The second kappa shape index (κ2) is 12.5. The van der Waals surface area contributed by atoms with Gasteiger partial charge in [-0.05, 0) is 48.4 Å². The maximum Gasteiger partial charge on any atom is 0.416 e. The zero-order chi connectivity index (χ0) is 27.9. The molecule has 3 aromatic carbocycles. The molecule has 0 bridgehead atoms. The van der Waals surface area contributed by atoms with Gasteiger partial charge in [0.05, 0.1) is 22.2 Å². The first-order chi connectivity index (χ1) is 18.0. The molecule has 38 heavy (non-hydrogen) atoms. The van der Waals surface area contributed by atoms with Crippen molar-refractivity contribution in [2.45, 2.75) is 13.1 Å². The van der Waals surface area contributed by atoms with Crippen LogP contribution < -0.4 is 11.5 Å². The summed E-state index contributed by atoms with van der Waals surface area (Å²) in [6, 6.07) is 17.1. The summed E-state index contributed by atoms with van der Waals surface area (Å²) in [6.07, 6.45) is -0.551. The fraction of sp³-hybridized carbons (Fsp3) is 0.111. The topological polar surface area (TPSA) is 103 Å². The van der Waals surface area contributed by atoms with Gasteiger partial charge in [-0.25, -0.2) is 4.79 Å². The van der Waals surface area contributed by atoms with E-state index in [1.807, 2.05) is 54.6 Å². The van der Waals surface area contributed by atoms with Crippen LogP contribution in [0.2, 0.25) is 10.0 Å². The van der Waals surface area contributed by atoms with Crippen LogP contribution in [-0.4, -0.2) is 12.5 Å². The summed E-state index contributed by atoms with van der Waals surface area (Å²) in [7, 11) is 0. The molecule has 4 N–H and O–H groups in total. The summed E-state index contributed by atoms with van der Waals surface area (Å²) in [5.74, 6) is 1.50. The molecule has 1 aliphatic heterocycles. The Morgan fingerprint density at radius 2 is 1.50 bits per heavy atom. The number of nitrogens with two attached hydrogens (primary N) is 2. The predicted octanol–water partition coefficient (Wildman–Crippen LogP) is 7.92. The first-order valence-corrected chi connectivity index (χ1v) is 11.8. The van der Waals surface area contributed by atoms with E-state index >= 15 is 0 Å². The van der Waals surface area contributed by atoms with E-state index < -0.39 is 11.7 Å². The Hall–Kier alpha value is -4.04. The summed E-state index contributed by atoms with van der Waals surface area (Å²) in [5.41, 5.74) is 13.8. The third-order valence-corrected chi connectivity index (χ3v) is 5.54. The standard InChI is InChI=1S/C14H14N2.C13H7Cl2F3N2O2/c15-13-8-12(9-14(16)10-13)7-6-11-4-2-1-3-5-11;1-2-22-12-9(5-21)19-20-11(12)10-7(14)3-6(4-8(10)15)13(16,17)18/h1-10H,15-16H2;3-4H,2H2,1H3. The molecule has 4 rings (SSSR count). The van der Waals surface area contributed by atoms with Crippen LogP contribution in [0.5, 0.6) is 0 Å². The van der Waals surface area contributed by atoms with Crippen LogP contribution in [0.4, 0.5) is 24.5 Å². The van der Waals surface area contributed by atoms with Crippen molar-refractivity contribution in [3.63, 3.8) is 0 Å². The van der Waals surface area contributed by atoms with E-state index in [2.05, 4.69) is 10.2 Å². The van der Waals surface area contributed by atoms with Crippen LogP contribution in [0.15, 0.2) is 82.3 Å². The Bertz CT molecular complexity index is 1420. The van der Waals surface area contributed by atoms with Crippen LogP contribution in [0.1, 0.15) is 29.2 Å². The molecule has 0 aliphatic carbocycles. The SMILES string of the molecule is CCOC1=C(c2c(Cl)cc(C(F)(F)F)cc2Cl)N=NC1=C=O.Nc1cc(N)cc(C=Cc2ccccc2)c1. The number of anilines is 2. The van der Waals surface area contributed by atoms with Gasteiger partial charge < -0.3 is 16.2 Å². The van der Waals surface area contributed by atoms with Crippen molar-refractivity contribution in [3.05, 3.63) is 104 Å². The minimum absolute atomic E-state index is 0.00813. The normalized spacial score (nSPS) is 12.9. The van der Waals surface area contributed by atoms with Crippen LogP contribution >= 0.6 is 23.2 Å². The highest BCUT2D eigenvalue weighted by Crippen LogP contribution is 2.42. The molecular formula is C27H21Cl2F3N4O2. The number of hydrogen-bond donors (Lipinski definition) is 2. The molecule has 196 valence electrons. The molecule has 0 aromatic heterocycles. The van der Waals surface area contributed by atoms with E-state index in [0.717, 1.165) is 23.3 Å². The Balaban J connectivity index is 0.000000221. The first-order valence-electron chi connectivity index (χ1n) is 11.0. The zero-order valence-electron chi connectivity index (χ0n) is 19.9. The largest absolute Gasteiger partial charge is 0.488 e. The molecule has 0 saturated heterocycles. The lowest BCUT2D eigenvalue weighted by molar-refractivity contribution is -0.137. The van der Waals surface area contributed by atoms with E-state index in [1.165, 1.54) is 5.94 Å². The van der Waals surface area contributed by atoms with Gasteiger partial charge in [-0.3, -0.25) is 0 Å². The number of nitrogen functional groups attached to an aromatic ring is 2. The molecular weight excluding hydrogens is 540 g/mol. The van der Waals surface area contributed by atoms with Gasteiger partial charge in [0, 0.05) is 16.9 Å². The van der Waals surface area contributed by atoms with Gasteiger partial charge >= 0.3 is 6.18 Å². The highest BCUT2D eigenvalue weighted by molar-refractivity contribution is 6.37. The summed E-state index contributed by atoms with van der Waals surface area (Å²) in [6.45, 7) is 1.84. The van der Waals surface area contributed by atoms with Gasteiger partial charge in [0.2, 0.25) is 5.70 Å². The lowest BCUT2D eigenvalue weighted by Gasteiger charge is -2.12. The average molecular weight is 561 g/mol. The van der Waals surface area contributed by atoms with E-state index in [-0.39, 0.29) is 39.4 Å². The van der Waals surface area contributed by atoms with E-state index in [1.54, 1.807) is 13.0 Å². The van der Waals surface area contributed by atoms with Gasteiger partial charge in [0.25, 0.3) is 0 Å². The minimum Gasteiger partial charge on any atom is -0.488 e. The van der Waals surface area contributed by atoms with Crippen molar-refractivity contribution < 1.29 is 22.7 Å². The van der Waals surface area contributed by atoms with Crippen LogP contribution in [0.25, 0.3) is 17.8 Å². The average Bonchev–Trinajstić information content (AvgIpc) is 3.25. The Morgan fingerprint density at radius 3 is 2.03 bits per heavy atom. The second-order valence-corrected chi connectivity index (χ2v) is 8.57. The summed E-state index contributed by atoms with van der Waals surface area (Å²) in [4.78, 5) is 10.8. The molecule has 0 spiro atoms. The molecule has 0 amide bonds. The maximum absolute atomic E-state index is 12.7. The number of nitrogens with zero attached hydrogens (tertiary/aromatic N) is 2. The van der Waals surface area contributed by atoms with Crippen molar-refractivity contribution in [2.75, 3.05) is 18.1 Å². The van der Waals surface area contributed by atoms with Crippen molar-refractivity contribution in [1.82, 2.24) is 0 Å². The van der Waals surface area contributed by atoms with Crippen LogP contribution in [-0.2, 0) is 15.7 Å². The molecule has 0 unspecified atom stereocenters. The lowest BCUT2D eigenvalue weighted by atomic mass is 10.1. The Labute approximate surface area is 226 Å². The fourth-order valence-corrected chi connectivity index (χ4v) is 4.00. The number of benzene rings is 3. The minimum atomic E-state index is -4.59. The van der Waals surface area contributed by atoms with Gasteiger partial charge in [-0.1, -0.05) is 65.7 Å². The molecule has 11 heteroatoms. The van der Waals surface area contributed by atoms with Crippen LogP contribution in [0.3, 0.4) is 0 Å². The molecule has 1 aliphatic rings. The van der Waals surface area contributed by atoms with E-state index in [9.17, 15) is 18.0 Å². The quantitative estimate of drug-likeness (QED) is 0.188. The summed E-state index contributed by atoms with van der Waals surface area (Å²) >= 11 is 11.8. The molecule has 0 fully saturated rings. The fourth-order valence-electron chi connectivity index (χ4n) is 3.33. The van der Waals surface area contributed by atoms with Crippen molar-refractivity contribution in [1.29, 1.82) is 0 Å². The zero-order valence-corrected chi connectivity index (χ0v) is 21.4. The Morgan fingerprint density at radius 1 is 0.921 bits per heavy atom. The summed E-state index contributed by atoms with van der Waals surface area (Å²) < 4.78 is 43.4. The number of azo groups is 1. The van der Waals surface area contributed by atoms with Gasteiger partial charge in [0.1, 0.15) is 5.70 Å². The molecule has 0 atom stereocenters. The highest BCUT2D eigenvalue weighted by atomic mass is 35.5. The van der Waals surface area contributed by atoms with Crippen LogP contribution in [0, 0.1) is 0 Å². The third-order valence-electron chi connectivity index (χ3n) is 4.94. The lowest BCUT2D eigenvalue weighted by Crippen LogP contribution is -2.06. The van der Waals surface area contributed by atoms with Crippen molar-refractivity contribution >= 4 is 58.4 Å². The second-order valence-electron chi connectivity index (χ2n) is 7.75. The third kappa shape index (κ3) is 7.26. The Kier molecular flexibility index (Phi) is 9.36. The highest BCUT2D eigenvalue weighted by Gasteiger charge is 2.33. The van der Waals surface area contributed by atoms with E-state index in [4.69, 9.17) is 39.4 Å². The number of carbonyl (C=O) groups excluding carboxylic acids is 1. The number of ether oxygens (including phenoxy) is 1. The van der Waals surface area contributed by atoms with Crippen molar-refractivity contribution in [2.24, 2.45) is 10.2 Å². The predicted molar refractivity (Wildman–Crippen MR) is 145 cm³/mol. The molecule has 3 aromatic rings.